The van der Waals surface area contributed by atoms with Crippen molar-refractivity contribution in [3.8, 4) is 22.3 Å². The molecule has 206 valence electrons. The zero-order valence-electron chi connectivity index (χ0n) is 22.4. The van der Waals surface area contributed by atoms with Crippen LogP contribution in [0.4, 0.5) is 0 Å². The first kappa shape index (κ1) is 27.7. The van der Waals surface area contributed by atoms with Gasteiger partial charge < -0.3 is 24.4 Å². The maximum atomic E-state index is 12.3. The minimum Gasteiger partial charge on any atom is -0.460 e. The molecule has 1 aliphatic rings. The van der Waals surface area contributed by atoms with Gasteiger partial charge in [0.25, 0.3) is 0 Å². The summed E-state index contributed by atoms with van der Waals surface area (Å²) in [5.74, 6) is -0.284. The van der Waals surface area contributed by atoms with Crippen molar-refractivity contribution in [1.82, 2.24) is 0 Å². The van der Waals surface area contributed by atoms with Gasteiger partial charge in [0.1, 0.15) is 6.10 Å². The average Bonchev–Trinajstić information content (AvgIpc) is 3.00. The Hall–Kier alpha value is -3.81. The van der Waals surface area contributed by atoms with E-state index in [0.29, 0.717) is 19.6 Å². The Balaban J connectivity index is 1.17. The number of carbonyl (C=O) groups is 1. The van der Waals surface area contributed by atoms with E-state index in [2.05, 4.69) is 6.07 Å². The number of aliphatic hydroxyl groups is 2. The molecular weight excluding hydrogens is 504 g/mol. The predicted octanol–water partition coefficient (Wildman–Crippen LogP) is 5.81. The first-order valence-electron chi connectivity index (χ1n) is 13.6. The smallest absolute Gasteiger partial charge is 0.308 e. The van der Waals surface area contributed by atoms with E-state index >= 15 is 0 Å². The van der Waals surface area contributed by atoms with E-state index in [-0.39, 0.29) is 44.4 Å². The zero-order valence-corrected chi connectivity index (χ0v) is 22.4. The van der Waals surface area contributed by atoms with Crippen LogP contribution in [-0.2, 0) is 45.4 Å². The summed E-state index contributed by atoms with van der Waals surface area (Å²) in [4.78, 5) is 12.3. The largest absolute Gasteiger partial charge is 0.460 e. The molecule has 0 unspecified atom stereocenters. The van der Waals surface area contributed by atoms with Gasteiger partial charge >= 0.3 is 5.97 Å². The van der Waals surface area contributed by atoms with E-state index in [1.54, 1.807) is 0 Å². The van der Waals surface area contributed by atoms with E-state index in [9.17, 15) is 15.0 Å². The summed E-state index contributed by atoms with van der Waals surface area (Å²) >= 11 is 0. The maximum absolute atomic E-state index is 12.3. The fourth-order valence-electron chi connectivity index (χ4n) is 5.19. The Morgan fingerprint density at radius 3 is 2.08 bits per heavy atom. The molecule has 2 atom stereocenters. The third kappa shape index (κ3) is 6.84. The third-order valence-corrected chi connectivity index (χ3v) is 7.19. The average molecular weight is 539 g/mol. The molecule has 5 rings (SSSR count). The monoisotopic (exact) mass is 538 g/mol. The van der Waals surface area contributed by atoms with Gasteiger partial charge in [0.2, 0.25) is 0 Å². The Labute approximate surface area is 234 Å². The van der Waals surface area contributed by atoms with Crippen molar-refractivity contribution in [3.63, 3.8) is 0 Å². The van der Waals surface area contributed by atoms with Crippen LogP contribution in [0, 0.1) is 0 Å². The highest BCUT2D eigenvalue weighted by Crippen LogP contribution is 2.29. The lowest BCUT2D eigenvalue weighted by Gasteiger charge is -2.29. The molecule has 1 aliphatic heterocycles. The van der Waals surface area contributed by atoms with Gasteiger partial charge in [-0.1, -0.05) is 91.0 Å². The lowest BCUT2D eigenvalue weighted by Crippen LogP contribution is -2.36. The molecule has 2 N–H and O–H groups in total. The van der Waals surface area contributed by atoms with Crippen LogP contribution in [0.15, 0.2) is 97.1 Å². The van der Waals surface area contributed by atoms with E-state index < -0.39 is 0 Å². The van der Waals surface area contributed by atoms with Gasteiger partial charge in [0.15, 0.2) is 0 Å². The molecule has 1 saturated heterocycles. The van der Waals surface area contributed by atoms with Crippen molar-refractivity contribution in [2.24, 2.45) is 0 Å². The summed E-state index contributed by atoms with van der Waals surface area (Å²) in [5.41, 5.74) is 7.73. The molecular formula is C34H34O6. The summed E-state index contributed by atoms with van der Waals surface area (Å²) in [6.07, 6.45) is 0.135. The van der Waals surface area contributed by atoms with Crippen molar-refractivity contribution >= 4 is 5.97 Å². The maximum Gasteiger partial charge on any atom is 0.308 e. The SMILES string of the molecule is O=C1C[C@@H](OCc2cccc(-c3ccccc3CO)c2)C[C@@H](COCc2ccccc2-c2ccccc2CO)O1. The Bertz CT molecular complexity index is 1430. The molecule has 0 bridgehead atoms. The molecule has 0 aliphatic carbocycles. The molecule has 0 radical (unpaired) electrons. The lowest BCUT2D eigenvalue weighted by molar-refractivity contribution is -0.168. The van der Waals surface area contributed by atoms with Gasteiger partial charge in [-0.05, 0) is 50.6 Å². The first-order chi connectivity index (χ1) is 19.6. The Kier molecular flexibility index (Phi) is 9.37. The van der Waals surface area contributed by atoms with Crippen molar-refractivity contribution < 1.29 is 29.2 Å². The number of aliphatic hydroxyl groups excluding tert-OH is 2. The van der Waals surface area contributed by atoms with E-state index in [1.165, 1.54) is 0 Å². The van der Waals surface area contributed by atoms with Gasteiger partial charge in [0, 0.05) is 6.42 Å². The van der Waals surface area contributed by atoms with Gasteiger partial charge in [-0.15, -0.1) is 0 Å². The van der Waals surface area contributed by atoms with Gasteiger partial charge in [-0.3, -0.25) is 4.79 Å². The highest BCUT2D eigenvalue weighted by molar-refractivity contribution is 5.71. The number of carbonyl (C=O) groups excluding carboxylic acids is 1. The van der Waals surface area contributed by atoms with Crippen LogP contribution in [0.3, 0.4) is 0 Å². The second-order valence-electron chi connectivity index (χ2n) is 9.99. The molecule has 0 aromatic heterocycles. The zero-order chi connectivity index (χ0) is 27.7. The lowest BCUT2D eigenvalue weighted by atomic mass is 9.96. The van der Waals surface area contributed by atoms with Crippen LogP contribution >= 0.6 is 0 Å². The van der Waals surface area contributed by atoms with Crippen LogP contribution in [0.2, 0.25) is 0 Å². The van der Waals surface area contributed by atoms with E-state index in [0.717, 1.165) is 44.5 Å². The molecule has 0 amide bonds. The normalized spacial score (nSPS) is 17.0. The minimum absolute atomic E-state index is 0.0217. The number of hydrogen-bond acceptors (Lipinski definition) is 6. The van der Waals surface area contributed by atoms with Crippen molar-refractivity contribution in [2.45, 2.75) is 51.5 Å². The summed E-state index contributed by atoms with van der Waals surface area (Å²) in [7, 11) is 0. The number of cyclic esters (lactones) is 1. The highest BCUT2D eigenvalue weighted by Gasteiger charge is 2.29. The topological polar surface area (TPSA) is 85.2 Å². The van der Waals surface area contributed by atoms with E-state index in [4.69, 9.17) is 14.2 Å². The number of rotatable bonds is 11. The van der Waals surface area contributed by atoms with E-state index in [1.807, 2.05) is 91.0 Å². The number of benzene rings is 4. The second kappa shape index (κ2) is 13.5. The molecule has 4 aromatic carbocycles. The fraction of sp³-hybridized carbons (Fsp3) is 0.265. The molecule has 0 spiro atoms. The molecule has 6 nitrogen and oxygen atoms in total. The fourth-order valence-corrected chi connectivity index (χ4v) is 5.19. The predicted molar refractivity (Wildman–Crippen MR) is 153 cm³/mol. The molecule has 1 heterocycles. The number of ether oxygens (including phenoxy) is 3. The van der Waals surface area contributed by atoms with Crippen LogP contribution in [0.25, 0.3) is 22.3 Å². The van der Waals surface area contributed by atoms with Crippen LogP contribution in [-0.4, -0.2) is 35.0 Å². The second-order valence-corrected chi connectivity index (χ2v) is 9.99. The number of hydrogen-bond donors (Lipinski definition) is 2. The highest BCUT2D eigenvalue weighted by atomic mass is 16.6. The van der Waals surface area contributed by atoms with Crippen molar-refractivity contribution in [3.05, 3.63) is 119 Å². The van der Waals surface area contributed by atoms with Crippen molar-refractivity contribution in [2.75, 3.05) is 6.61 Å². The van der Waals surface area contributed by atoms with Crippen LogP contribution < -0.4 is 0 Å². The third-order valence-electron chi connectivity index (χ3n) is 7.19. The standard InChI is InChI=1S/C34H34O6/c35-19-26-9-1-4-13-31(26)25-12-7-8-24(16-25)21-39-29-17-30(40-34(37)18-29)23-38-22-28-11-3-6-15-33(28)32-14-5-2-10-27(32)20-36/h1-16,29-30,35-36H,17-23H2/t29-,30-/m0/s1. The Morgan fingerprint density at radius 1 is 0.725 bits per heavy atom. The molecule has 6 heteroatoms. The summed E-state index contributed by atoms with van der Waals surface area (Å²) in [5, 5.41) is 19.5. The molecule has 40 heavy (non-hydrogen) atoms. The Morgan fingerprint density at radius 2 is 1.35 bits per heavy atom. The molecule has 4 aromatic rings. The minimum atomic E-state index is -0.383. The summed E-state index contributed by atoms with van der Waals surface area (Å²) in [6, 6.07) is 31.6. The molecule has 1 fully saturated rings. The summed E-state index contributed by atoms with van der Waals surface area (Å²) < 4.78 is 17.7. The summed E-state index contributed by atoms with van der Waals surface area (Å²) in [6.45, 7) is 0.946. The van der Waals surface area contributed by atoms with Gasteiger partial charge in [-0.25, -0.2) is 0 Å². The van der Waals surface area contributed by atoms with Gasteiger partial charge in [-0.2, -0.15) is 0 Å². The van der Waals surface area contributed by atoms with Crippen molar-refractivity contribution in [1.29, 1.82) is 0 Å². The number of esters is 1. The van der Waals surface area contributed by atoms with Crippen LogP contribution in [0.5, 0.6) is 0 Å². The van der Waals surface area contributed by atoms with Gasteiger partial charge in [0.05, 0.1) is 45.6 Å². The molecule has 0 saturated carbocycles. The first-order valence-corrected chi connectivity index (χ1v) is 13.6. The van der Waals surface area contributed by atoms with Crippen LogP contribution in [0.1, 0.15) is 35.1 Å². The quantitative estimate of drug-likeness (QED) is 0.234.